The average molecular weight is 432 g/mol. The normalized spacial score (nSPS) is 17.1. The first kappa shape index (κ1) is 20.2. The number of nitrogens with zero attached hydrogens (tertiary/aromatic N) is 2. The van der Waals surface area contributed by atoms with Crippen molar-refractivity contribution in [1.82, 2.24) is 10.2 Å². The molecule has 5 nitrogen and oxygen atoms in total. The van der Waals surface area contributed by atoms with Crippen LogP contribution in [0, 0.1) is 0 Å². The fourth-order valence-electron chi connectivity index (χ4n) is 2.60. The molecule has 1 aromatic rings. The minimum absolute atomic E-state index is 0. The number of aliphatic hydroxyl groups excluding tert-OH is 1. The van der Waals surface area contributed by atoms with Crippen molar-refractivity contribution in [3.63, 3.8) is 0 Å². The summed E-state index contributed by atoms with van der Waals surface area (Å²) in [6.07, 6.45) is 1.66. The summed E-state index contributed by atoms with van der Waals surface area (Å²) in [5.41, 5.74) is 8.26. The van der Waals surface area contributed by atoms with Gasteiger partial charge in [-0.3, -0.25) is 4.90 Å². The number of benzene rings is 1. The van der Waals surface area contributed by atoms with Gasteiger partial charge in [0.15, 0.2) is 5.96 Å². The molecule has 0 saturated carbocycles. The lowest BCUT2D eigenvalue weighted by atomic mass is 10.1. The predicted octanol–water partition coefficient (Wildman–Crippen LogP) is 2.07. The number of guanidine groups is 1. The summed E-state index contributed by atoms with van der Waals surface area (Å²) in [4.78, 5) is 6.73. The first-order valence-corrected chi connectivity index (χ1v) is 8.07. The lowest BCUT2D eigenvalue weighted by Crippen LogP contribution is -2.36. The number of likely N-dealkylation sites (tertiary alicyclic amines) is 1. The van der Waals surface area contributed by atoms with Crippen LogP contribution >= 0.6 is 24.0 Å². The summed E-state index contributed by atoms with van der Waals surface area (Å²) in [6.45, 7) is 7.58. The standard InChI is InChI=1S/C17H28N4O.HI/c1-13(2)20-17(18)19-11-14-3-5-15(6-4-14)12-21-9-7-16(22)8-10-21;/h3-6,13,16,22H,7-12H2,1-2H3,(H3,18,19,20);1H. The second-order valence-corrected chi connectivity index (χ2v) is 6.32. The Labute approximate surface area is 156 Å². The van der Waals surface area contributed by atoms with Gasteiger partial charge in [0.05, 0.1) is 12.6 Å². The highest BCUT2D eigenvalue weighted by Crippen LogP contribution is 2.14. The molecule has 0 unspecified atom stereocenters. The Balaban J connectivity index is 0.00000264. The van der Waals surface area contributed by atoms with Crippen molar-refractivity contribution < 1.29 is 5.11 Å². The van der Waals surface area contributed by atoms with E-state index in [0.29, 0.717) is 18.5 Å². The first-order chi connectivity index (χ1) is 10.5. The Morgan fingerprint density at radius 2 is 1.83 bits per heavy atom. The van der Waals surface area contributed by atoms with Gasteiger partial charge >= 0.3 is 0 Å². The Kier molecular flexibility index (Phi) is 8.86. The van der Waals surface area contributed by atoms with E-state index in [-0.39, 0.29) is 30.1 Å². The van der Waals surface area contributed by atoms with E-state index in [2.05, 4.69) is 39.5 Å². The molecule has 0 spiro atoms. The summed E-state index contributed by atoms with van der Waals surface area (Å²) >= 11 is 0. The second kappa shape index (κ2) is 10.1. The molecule has 0 atom stereocenters. The quantitative estimate of drug-likeness (QED) is 0.379. The minimum Gasteiger partial charge on any atom is -0.393 e. The van der Waals surface area contributed by atoms with Gasteiger partial charge in [-0.1, -0.05) is 24.3 Å². The van der Waals surface area contributed by atoms with Crippen LogP contribution < -0.4 is 11.1 Å². The summed E-state index contributed by atoms with van der Waals surface area (Å²) in [5, 5.41) is 12.6. The third kappa shape index (κ3) is 7.50. The van der Waals surface area contributed by atoms with Gasteiger partial charge in [-0.15, -0.1) is 24.0 Å². The fraction of sp³-hybridized carbons (Fsp3) is 0.588. The van der Waals surface area contributed by atoms with E-state index < -0.39 is 0 Å². The summed E-state index contributed by atoms with van der Waals surface area (Å²) in [5.74, 6) is 0.492. The number of aliphatic hydroxyl groups is 1. The Bertz CT molecular complexity index is 482. The molecule has 0 bridgehead atoms. The molecule has 1 aromatic carbocycles. The maximum Gasteiger partial charge on any atom is 0.189 e. The first-order valence-electron chi connectivity index (χ1n) is 8.07. The molecule has 0 aliphatic carbocycles. The number of piperidine rings is 1. The van der Waals surface area contributed by atoms with Crippen molar-refractivity contribution in [2.75, 3.05) is 13.1 Å². The Morgan fingerprint density at radius 1 is 1.26 bits per heavy atom. The number of nitrogens with one attached hydrogen (secondary N) is 1. The maximum absolute atomic E-state index is 9.53. The fourth-order valence-corrected chi connectivity index (χ4v) is 2.60. The molecule has 4 N–H and O–H groups in total. The van der Waals surface area contributed by atoms with E-state index in [4.69, 9.17) is 5.73 Å². The highest BCUT2D eigenvalue weighted by Gasteiger charge is 2.16. The largest absolute Gasteiger partial charge is 0.393 e. The Morgan fingerprint density at radius 3 is 2.39 bits per heavy atom. The van der Waals surface area contributed by atoms with Crippen LogP contribution in [0.4, 0.5) is 0 Å². The van der Waals surface area contributed by atoms with E-state index in [0.717, 1.165) is 38.0 Å². The highest BCUT2D eigenvalue weighted by atomic mass is 127. The van der Waals surface area contributed by atoms with E-state index in [1.807, 2.05) is 13.8 Å². The molecule has 1 fully saturated rings. The van der Waals surface area contributed by atoms with Crippen molar-refractivity contribution in [3.05, 3.63) is 35.4 Å². The maximum atomic E-state index is 9.53. The minimum atomic E-state index is -0.110. The molecule has 1 aliphatic heterocycles. The summed E-state index contributed by atoms with van der Waals surface area (Å²) in [7, 11) is 0. The van der Waals surface area contributed by atoms with Crippen LogP contribution in [0.2, 0.25) is 0 Å². The van der Waals surface area contributed by atoms with Crippen LogP contribution in [0.5, 0.6) is 0 Å². The summed E-state index contributed by atoms with van der Waals surface area (Å²) in [6, 6.07) is 8.83. The van der Waals surface area contributed by atoms with Crippen molar-refractivity contribution in [1.29, 1.82) is 0 Å². The van der Waals surface area contributed by atoms with Gasteiger partial charge in [-0.2, -0.15) is 0 Å². The smallest absolute Gasteiger partial charge is 0.189 e. The molecular formula is C17H29IN4O. The van der Waals surface area contributed by atoms with Gasteiger partial charge in [0.25, 0.3) is 0 Å². The van der Waals surface area contributed by atoms with Crippen molar-refractivity contribution in [2.45, 2.75) is 51.9 Å². The van der Waals surface area contributed by atoms with Gasteiger partial charge in [-0.05, 0) is 37.8 Å². The van der Waals surface area contributed by atoms with Gasteiger partial charge in [0.1, 0.15) is 0 Å². The molecule has 2 rings (SSSR count). The third-order valence-corrected chi connectivity index (χ3v) is 3.85. The van der Waals surface area contributed by atoms with E-state index >= 15 is 0 Å². The number of aliphatic imine (C=N–C) groups is 1. The molecule has 1 saturated heterocycles. The molecule has 1 heterocycles. The SMILES string of the molecule is CC(C)NC(N)=NCc1ccc(CN2CCC(O)CC2)cc1.I. The number of halogens is 1. The third-order valence-electron chi connectivity index (χ3n) is 3.85. The molecule has 6 heteroatoms. The number of hydrogen-bond acceptors (Lipinski definition) is 3. The van der Waals surface area contributed by atoms with E-state index in [1.54, 1.807) is 0 Å². The van der Waals surface area contributed by atoms with Crippen LogP contribution in [-0.4, -0.2) is 41.2 Å². The molecule has 0 amide bonds. The second-order valence-electron chi connectivity index (χ2n) is 6.32. The van der Waals surface area contributed by atoms with Crippen molar-refractivity contribution >= 4 is 29.9 Å². The van der Waals surface area contributed by atoms with Crippen LogP contribution in [0.15, 0.2) is 29.3 Å². The van der Waals surface area contributed by atoms with E-state index in [1.165, 1.54) is 5.56 Å². The zero-order valence-corrected chi connectivity index (χ0v) is 16.4. The lowest BCUT2D eigenvalue weighted by molar-refractivity contribution is 0.0792. The predicted molar refractivity (Wildman–Crippen MR) is 106 cm³/mol. The van der Waals surface area contributed by atoms with Crippen molar-refractivity contribution in [2.24, 2.45) is 10.7 Å². The van der Waals surface area contributed by atoms with Crippen LogP contribution in [0.25, 0.3) is 0 Å². The van der Waals surface area contributed by atoms with Gasteiger partial charge in [0.2, 0.25) is 0 Å². The van der Waals surface area contributed by atoms with Crippen molar-refractivity contribution in [3.8, 4) is 0 Å². The molecule has 0 radical (unpaired) electrons. The Hall–Kier alpha value is -0.860. The zero-order valence-electron chi connectivity index (χ0n) is 14.0. The average Bonchev–Trinajstić information content (AvgIpc) is 2.48. The zero-order chi connectivity index (χ0) is 15.9. The highest BCUT2D eigenvalue weighted by molar-refractivity contribution is 14.0. The molecule has 0 aromatic heterocycles. The van der Waals surface area contributed by atoms with Gasteiger partial charge in [0, 0.05) is 25.7 Å². The molecule has 130 valence electrons. The number of rotatable bonds is 5. The monoisotopic (exact) mass is 432 g/mol. The number of nitrogens with two attached hydrogens (primary N) is 1. The van der Waals surface area contributed by atoms with Gasteiger partial charge < -0.3 is 16.2 Å². The molecule has 23 heavy (non-hydrogen) atoms. The summed E-state index contributed by atoms with van der Waals surface area (Å²) < 4.78 is 0. The molecule has 1 aliphatic rings. The molecular weight excluding hydrogens is 403 g/mol. The van der Waals surface area contributed by atoms with Gasteiger partial charge in [-0.25, -0.2) is 4.99 Å². The van der Waals surface area contributed by atoms with Crippen LogP contribution in [0.1, 0.15) is 37.8 Å². The lowest BCUT2D eigenvalue weighted by Gasteiger charge is -2.29. The topological polar surface area (TPSA) is 73.9 Å². The van der Waals surface area contributed by atoms with E-state index in [9.17, 15) is 5.11 Å². The number of hydrogen-bond donors (Lipinski definition) is 3. The van der Waals surface area contributed by atoms with Crippen LogP contribution in [0.3, 0.4) is 0 Å². The van der Waals surface area contributed by atoms with Crippen LogP contribution in [-0.2, 0) is 13.1 Å².